The van der Waals surface area contributed by atoms with Crippen molar-refractivity contribution in [3.05, 3.63) is 59.1 Å². The van der Waals surface area contributed by atoms with Gasteiger partial charge in [0.25, 0.3) is 0 Å². The van der Waals surface area contributed by atoms with Crippen LogP contribution in [0.4, 0.5) is 24.7 Å². The summed E-state index contributed by atoms with van der Waals surface area (Å²) in [5.41, 5.74) is 0.270. The number of alkyl halides is 2. The summed E-state index contributed by atoms with van der Waals surface area (Å²) in [7, 11) is 0. The second kappa shape index (κ2) is 10.6. The molecule has 184 valence electrons. The van der Waals surface area contributed by atoms with Crippen LogP contribution in [0, 0.1) is 5.82 Å². The van der Waals surface area contributed by atoms with Gasteiger partial charge in [-0.15, -0.1) is 0 Å². The first-order valence-corrected chi connectivity index (χ1v) is 11.2. The maximum atomic E-state index is 14.6. The van der Waals surface area contributed by atoms with Crippen molar-refractivity contribution in [1.82, 2.24) is 14.9 Å². The third-order valence-electron chi connectivity index (χ3n) is 5.43. The van der Waals surface area contributed by atoms with E-state index < -0.39 is 12.4 Å². The number of likely N-dealkylation sites (tertiary alicyclic amines) is 1. The van der Waals surface area contributed by atoms with Gasteiger partial charge >= 0.3 is 6.61 Å². The molecule has 12 heteroatoms. The molecule has 1 aliphatic heterocycles. The van der Waals surface area contributed by atoms with Gasteiger partial charge in [0.1, 0.15) is 18.2 Å². The predicted molar refractivity (Wildman–Crippen MR) is 126 cm³/mol. The number of carbonyl (C=O) groups excluding carboxylic acids is 1. The highest BCUT2D eigenvalue weighted by atomic mass is 35.5. The SMILES string of the molecule is C=CC(=O)N1CCC(Oc2cc3c(Nc4ccc(Cl)c(Cl)c4F)ncnc3cc2OC(F)F)CC1. The van der Waals surface area contributed by atoms with Gasteiger partial charge in [0.15, 0.2) is 17.3 Å². The highest BCUT2D eigenvalue weighted by Gasteiger charge is 2.25. The highest BCUT2D eigenvalue weighted by molar-refractivity contribution is 6.42. The van der Waals surface area contributed by atoms with Gasteiger partial charge < -0.3 is 19.7 Å². The average molecular weight is 527 g/mol. The van der Waals surface area contributed by atoms with Crippen molar-refractivity contribution in [2.75, 3.05) is 18.4 Å². The standard InChI is InChI=1S/C23H19Cl2F3N4O3/c1-2-19(33)32-7-5-12(6-8-32)34-17-9-13-16(10-18(17)35-23(27)28)29-11-30-22(13)31-15-4-3-14(24)20(25)21(15)26/h2-4,9-12,23H,1,5-8H2,(H,29,30,31). The van der Waals surface area contributed by atoms with Crippen LogP contribution in [0.1, 0.15) is 12.8 Å². The topological polar surface area (TPSA) is 76.6 Å². The predicted octanol–water partition coefficient (Wildman–Crippen LogP) is 5.98. The van der Waals surface area contributed by atoms with E-state index in [1.807, 2.05) is 0 Å². The Morgan fingerprint density at radius 3 is 2.63 bits per heavy atom. The van der Waals surface area contributed by atoms with Gasteiger partial charge in [-0.1, -0.05) is 29.8 Å². The van der Waals surface area contributed by atoms with Crippen molar-refractivity contribution in [2.24, 2.45) is 0 Å². The molecular weight excluding hydrogens is 508 g/mol. The summed E-state index contributed by atoms with van der Waals surface area (Å²) >= 11 is 11.7. The molecule has 1 fully saturated rings. The van der Waals surface area contributed by atoms with E-state index in [1.165, 1.54) is 36.7 Å². The lowest BCUT2D eigenvalue weighted by atomic mass is 10.1. The minimum Gasteiger partial charge on any atom is -0.486 e. The third kappa shape index (κ3) is 5.54. The van der Waals surface area contributed by atoms with Crippen LogP contribution in [0.3, 0.4) is 0 Å². The number of piperidine rings is 1. The normalized spacial score (nSPS) is 14.3. The molecule has 0 radical (unpaired) electrons. The molecule has 0 aliphatic carbocycles. The van der Waals surface area contributed by atoms with E-state index in [-0.39, 0.29) is 50.6 Å². The maximum Gasteiger partial charge on any atom is 0.387 e. The molecule has 1 amide bonds. The van der Waals surface area contributed by atoms with Crippen molar-refractivity contribution < 1.29 is 27.4 Å². The molecule has 7 nitrogen and oxygen atoms in total. The lowest BCUT2D eigenvalue weighted by Crippen LogP contribution is -2.41. The summed E-state index contributed by atoms with van der Waals surface area (Å²) in [6.45, 7) is 1.25. The molecule has 2 aromatic carbocycles. The zero-order valence-electron chi connectivity index (χ0n) is 18.1. The maximum absolute atomic E-state index is 14.6. The largest absolute Gasteiger partial charge is 0.486 e. The first kappa shape index (κ1) is 24.9. The fourth-order valence-corrected chi connectivity index (χ4v) is 4.01. The smallest absolute Gasteiger partial charge is 0.387 e. The number of anilines is 2. The summed E-state index contributed by atoms with van der Waals surface area (Å²) in [6, 6.07) is 5.56. The van der Waals surface area contributed by atoms with Crippen LogP contribution in [0.5, 0.6) is 11.5 Å². The summed E-state index contributed by atoms with van der Waals surface area (Å²) in [6.07, 6.45) is 3.05. The van der Waals surface area contributed by atoms with Gasteiger partial charge in [0.2, 0.25) is 5.91 Å². The van der Waals surface area contributed by atoms with Crippen LogP contribution in [0.25, 0.3) is 10.9 Å². The second-order valence-corrected chi connectivity index (χ2v) is 8.40. The zero-order valence-corrected chi connectivity index (χ0v) is 19.6. The molecular formula is C23H19Cl2F3N4O3. The molecule has 0 atom stereocenters. The van der Waals surface area contributed by atoms with Crippen LogP contribution in [-0.4, -0.2) is 46.6 Å². The van der Waals surface area contributed by atoms with Crippen LogP contribution in [0.2, 0.25) is 10.0 Å². The van der Waals surface area contributed by atoms with Crippen LogP contribution in [-0.2, 0) is 4.79 Å². The second-order valence-electron chi connectivity index (χ2n) is 7.61. The molecule has 1 aliphatic rings. The van der Waals surface area contributed by atoms with E-state index >= 15 is 0 Å². The molecule has 1 N–H and O–H groups in total. The lowest BCUT2D eigenvalue weighted by Gasteiger charge is -2.32. The van der Waals surface area contributed by atoms with Gasteiger partial charge in [-0.2, -0.15) is 8.78 Å². The summed E-state index contributed by atoms with van der Waals surface area (Å²) < 4.78 is 51.4. The Morgan fingerprint density at radius 1 is 1.20 bits per heavy atom. The number of carbonyl (C=O) groups is 1. The number of nitrogens with zero attached hydrogens (tertiary/aromatic N) is 3. The van der Waals surface area contributed by atoms with E-state index in [9.17, 15) is 18.0 Å². The summed E-state index contributed by atoms with van der Waals surface area (Å²) in [4.78, 5) is 21.7. The Kier molecular flexibility index (Phi) is 7.51. The highest BCUT2D eigenvalue weighted by Crippen LogP contribution is 2.38. The number of fused-ring (bicyclic) bond motifs is 1. The van der Waals surface area contributed by atoms with Gasteiger partial charge in [-0.3, -0.25) is 4.79 Å². The minimum absolute atomic E-state index is 0.00836. The summed E-state index contributed by atoms with van der Waals surface area (Å²) in [5.74, 6) is -0.937. The number of halogens is 5. The number of aromatic nitrogens is 2. The Balaban J connectivity index is 1.66. The number of benzene rings is 2. The number of nitrogens with one attached hydrogen (secondary N) is 1. The lowest BCUT2D eigenvalue weighted by molar-refractivity contribution is -0.127. The molecule has 0 saturated carbocycles. The molecule has 4 rings (SSSR count). The van der Waals surface area contributed by atoms with Gasteiger partial charge in [0.05, 0.1) is 21.2 Å². The van der Waals surface area contributed by atoms with Crippen molar-refractivity contribution >= 4 is 51.5 Å². The Hall–Kier alpha value is -3.24. The Labute approximate surface area is 208 Å². The van der Waals surface area contributed by atoms with Crippen LogP contribution in [0.15, 0.2) is 43.2 Å². The first-order valence-electron chi connectivity index (χ1n) is 10.5. The molecule has 0 bridgehead atoms. The minimum atomic E-state index is -3.09. The number of ether oxygens (including phenoxy) is 2. The van der Waals surface area contributed by atoms with Gasteiger partial charge in [-0.05, 0) is 24.3 Å². The number of hydrogen-bond donors (Lipinski definition) is 1. The Morgan fingerprint density at radius 2 is 1.94 bits per heavy atom. The zero-order chi connectivity index (χ0) is 25.1. The van der Waals surface area contributed by atoms with Crippen LogP contribution >= 0.6 is 23.2 Å². The van der Waals surface area contributed by atoms with Crippen molar-refractivity contribution in [1.29, 1.82) is 0 Å². The monoisotopic (exact) mass is 526 g/mol. The van der Waals surface area contributed by atoms with E-state index in [0.29, 0.717) is 31.3 Å². The number of rotatable bonds is 7. The van der Waals surface area contributed by atoms with E-state index in [1.54, 1.807) is 4.90 Å². The fourth-order valence-electron chi connectivity index (χ4n) is 3.70. The molecule has 1 saturated heterocycles. The summed E-state index contributed by atoms with van der Waals surface area (Å²) in [5, 5.41) is 2.99. The molecule has 1 aromatic heterocycles. The third-order valence-corrected chi connectivity index (χ3v) is 6.21. The number of amides is 1. The molecule has 3 aromatic rings. The molecule has 0 spiro atoms. The quantitative estimate of drug-likeness (QED) is 0.301. The van der Waals surface area contributed by atoms with Crippen molar-refractivity contribution in [2.45, 2.75) is 25.6 Å². The van der Waals surface area contributed by atoms with Gasteiger partial charge in [-0.25, -0.2) is 14.4 Å². The van der Waals surface area contributed by atoms with Crippen molar-refractivity contribution in [3.8, 4) is 11.5 Å². The average Bonchev–Trinajstić information content (AvgIpc) is 2.84. The molecule has 0 unspecified atom stereocenters. The van der Waals surface area contributed by atoms with Gasteiger partial charge in [0, 0.05) is 37.4 Å². The molecule has 35 heavy (non-hydrogen) atoms. The van der Waals surface area contributed by atoms with Crippen molar-refractivity contribution in [3.63, 3.8) is 0 Å². The van der Waals surface area contributed by atoms with Crippen LogP contribution < -0.4 is 14.8 Å². The van der Waals surface area contributed by atoms with E-state index in [2.05, 4.69) is 26.6 Å². The Bertz CT molecular complexity index is 1270. The van der Waals surface area contributed by atoms with E-state index in [4.69, 9.17) is 27.9 Å². The number of hydrogen-bond acceptors (Lipinski definition) is 6. The molecule has 2 heterocycles. The van der Waals surface area contributed by atoms with E-state index in [0.717, 1.165) is 0 Å². The first-order chi connectivity index (χ1) is 16.8. The fraction of sp³-hybridized carbons (Fsp3) is 0.261.